The molecule has 0 spiro atoms. The number of esters is 1. The van der Waals surface area contributed by atoms with E-state index in [1.54, 1.807) is 24.3 Å². The van der Waals surface area contributed by atoms with Crippen molar-refractivity contribution in [3.63, 3.8) is 0 Å². The molecule has 0 bridgehead atoms. The Labute approximate surface area is 152 Å². The van der Waals surface area contributed by atoms with Gasteiger partial charge in [-0.15, -0.1) is 11.3 Å². The Morgan fingerprint density at radius 3 is 2.54 bits per heavy atom. The zero-order chi connectivity index (χ0) is 17.5. The van der Waals surface area contributed by atoms with E-state index in [0.717, 1.165) is 9.35 Å². The molecule has 1 amide bonds. The molecule has 1 N–H and O–H groups in total. The van der Waals surface area contributed by atoms with E-state index in [2.05, 4.69) is 21.2 Å². The molecule has 0 aliphatic rings. The predicted molar refractivity (Wildman–Crippen MR) is 96.4 cm³/mol. The molecule has 1 heterocycles. The smallest absolute Gasteiger partial charge is 0.306 e. The van der Waals surface area contributed by atoms with Crippen LogP contribution >= 0.6 is 27.3 Å². The molecule has 0 radical (unpaired) electrons. The fourth-order valence-corrected chi connectivity index (χ4v) is 3.11. The second-order valence-corrected chi connectivity index (χ2v) is 7.16. The number of carbonyl (C=O) groups is 3. The third-order valence-electron chi connectivity index (χ3n) is 3.08. The van der Waals surface area contributed by atoms with Crippen LogP contribution in [0.1, 0.15) is 27.4 Å². The topological polar surface area (TPSA) is 72.5 Å². The molecule has 2 aromatic rings. The average molecular weight is 410 g/mol. The summed E-state index contributed by atoms with van der Waals surface area (Å²) in [6, 6.07) is 10.7. The monoisotopic (exact) mass is 409 g/mol. The van der Waals surface area contributed by atoms with Gasteiger partial charge in [0.1, 0.15) is 0 Å². The summed E-state index contributed by atoms with van der Waals surface area (Å²) in [5.41, 5.74) is 0.599. The maximum absolute atomic E-state index is 11.9. The molecule has 7 heteroatoms. The first kappa shape index (κ1) is 18.4. The molecule has 0 unspecified atom stereocenters. The van der Waals surface area contributed by atoms with Crippen molar-refractivity contribution in [1.29, 1.82) is 0 Å². The highest BCUT2D eigenvalue weighted by Crippen LogP contribution is 2.21. The standard InChI is InChI=1S/C17H16BrNO4S/c1-11-6-8-15(24-11)14(20)7-9-17(22)23-10-16(21)19-13-5-3-2-4-12(13)18/h2-6,8H,7,9-10H2,1H3,(H,19,21). The number of nitrogens with one attached hydrogen (secondary N) is 1. The SMILES string of the molecule is Cc1ccc(C(=O)CCC(=O)OCC(=O)Nc2ccccc2Br)s1. The maximum atomic E-state index is 11.9. The molecule has 0 saturated carbocycles. The molecule has 0 fully saturated rings. The number of Topliss-reactive ketones (excluding diaryl/α,β-unsaturated/α-hetero) is 1. The van der Waals surface area contributed by atoms with Crippen LogP contribution < -0.4 is 5.32 Å². The van der Waals surface area contributed by atoms with Crippen molar-refractivity contribution in [2.24, 2.45) is 0 Å². The van der Waals surface area contributed by atoms with Crippen LogP contribution in [-0.2, 0) is 14.3 Å². The second-order valence-electron chi connectivity index (χ2n) is 5.02. The van der Waals surface area contributed by atoms with Crippen molar-refractivity contribution in [2.45, 2.75) is 19.8 Å². The van der Waals surface area contributed by atoms with E-state index in [-0.39, 0.29) is 25.2 Å². The lowest BCUT2D eigenvalue weighted by molar-refractivity contribution is -0.147. The Kier molecular flexibility index (Phi) is 6.69. The van der Waals surface area contributed by atoms with E-state index in [0.29, 0.717) is 10.6 Å². The van der Waals surface area contributed by atoms with Gasteiger partial charge in [0.15, 0.2) is 12.4 Å². The number of thiophene rings is 1. The minimum atomic E-state index is -0.570. The molecular weight excluding hydrogens is 394 g/mol. The van der Waals surface area contributed by atoms with Crippen molar-refractivity contribution >= 4 is 50.6 Å². The van der Waals surface area contributed by atoms with Crippen LogP contribution in [0, 0.1) is 6.92 Å². The number of ether oxygens (including phenoxy) is 1. The van der Waals surface area contributed by atoms with Gasteiger partial charge in [-0.05, 0) is 47.1 Å². The fraction of sp³-hybridized carbons (Fsp3) is 0.235. The summed E-state index contributed by atoms with van der Waals surface area (Å²) < 4.78 is 5.63. The number of halogens is 1. The van der Waals surface area contributed by atoms with Gasteiger partial charge in [-0.1, -0.05) is 12.1 Å². The molecule has 1 aromatic heterocycles. The average Bonchev–Trinajstić information content (AvgIpc) is 2.99. The number of rotatable bonds is 7. The van der Waals surface area contributed by atoms with Crippen LogP contribution in [0.15, 0.2) is 40.9 Å². The quantitative estimate of drug-likeness (QED) is 0.554. The largest absolute Gasteiger partial charge is 0.456 e. The number of anilines is 1. The first-order valence-electron chi connectivity index (χ1n) is 7.25. The summed E-state index contributed by atoms with van der Waals surface area (Å²) in [7, 11) is 0. The van der Waals surface area contributed by atoms with Gasteiger partial charge >= 0.3 is 5.97 Å². The first-order chi connectivity index (χ1) is 11.5. The Bertz CT molecular complexity index is 757. The molecule has 0 atom stereocenters. The van der Waals surface area contributed by atoms with Crippen LogP contribution in [0.3, 0.4) is 0 Å². The van der Waals surface area contributed by atoms with Crippen LogP contribution in [0.5, 0.6) is 0 Å². The molecule has 0 saturated heterocycles. The fourth-order valence-electron chi connectivity index (χ4n) is 1.89. The van der Waals surface area contributed by atoms with Crippen molar-refractivity contribution < 1.29 is 19.1 Å². The molecule has 126 valence electrons. The Balaban J connectivity index is 1.72. The lowest BCUT2D eigenvalue weighted by Gasteiger charge is -2.07. The Morgan fingerprint density at radius 2 is 1.88 bits per heavy atom. The van der Waals surface area contributed by atoms with Gasteiger partial charge in [0.2, 0.25) is 0 Å². The van der Waals surface area contributed by atoms with Gasteiger partial charge in [-0.3, -0.25) is 14.4 Å². The molecule has 1 aromatic carbocycles. The number of hydrogen-bond donors (Lipinski definition) is 1. The highest BCUT2D eigenvalue weighted by molar-refractivity contribution is 9.10. The summed E-state index contributed by atoms with van der Waals surface area (Å²) in [6.45, 7) is 1.53. The lowest BCUT2D eigenvalue weighted by Crippen LogP contribution is -2.21. The predicted octanol–water partition coefficient (Wildman–Crippen LogP) is 3.96. The zero-order valence-corrected chi connectivity index (χ0v) is 15.4. The van der Waals surface area contributed by atoms with Crippen molar-refractivity contribution in [1.82, 2.24) is 0 Å². The number of benzene rings is 1. The molecule has 24 heavy (non-hydrogen) atoms. The van der Waals surface area contributed by atoms with E-state index in [4.69, 9.17) is 4.74 Å². The molecule has 5 nitrogen and oxygen atoms in total. The van der Waals surface area contributed by atoms with Crippen molar-refractivity contribution in [3.8, 4) is 0 Å². The van der Waals surface area contributed by atoms with Crippen LogP contribution in [0.25, 0.3) is 0 Å². The van der Waals surface area contributed by atoms with Crippen LogP contribution in [0.4, 0.5) is 5.69 Å². The van der Waals surface area contributed by atoms with E-state index in [1.165, 1.54) is 11.3 Å². The number of aryl methyl sites for hydroxylation is 1. The van der Waals surface area contributed by atoms with Gasteiger partial charge < -0.3 is 10.1 Å². The number of ketones is 1. The number of hydrogen-bond acceptors (Lipinski definition) is 5. The number of para-hydroxylation sites is 1. The zero-order valence-electron chi connectivity index (χ0n) is 13.0. The summed E-state index contributed by atoms with van der Waals surface area (Å²) in [5, 5.41) is 2.63. The third-order valence-corrected chi connectivity index (χ3v) is 4.82. The minimum absolute atomic E-state index is 0.0436. The maximum Gasteiger partial charge on any atom is 0.306 e. The first-order valence-corrected chi connectivity index (χ1v) is 8.86. The summed E-state index contributed by atoms with van der Waals surface area (Å²) >= 11 is 4.71. The third kappa shape index (κ3) is 5.58. The van der Waals surface area contributed by atoms with Gasteiger partial charge in [0.25, 0.3) is 5.91 Å². The summed E-state index contributed by atoms with van der Waals surface area (Å²) in [4.78, 5) is 37.0. The van der Waals surface area contributed by atoms with Gasteiger partial charge in [0, 0.05) is 15.8 Å². The minimum Gasteiger partial charge on any atom is -0.456 e. The second kappa shape index (κ2) is 8.75. The van der Waals surface area contributed by atoms with Gasteiger partial charge in [-0.2, -0.15) is 0 Å². The molecular formula is C17H16BrNO4S. The molecule has 0 aliphatic heterocycles. The summed E-state index contributed by atoms with van der Waals surface area (Å²) in [5.74, 6) is -1.10. The molecule has 2 rings (SSSR count). The van der Waals surface area contributed by atoms with E-state index >= 15 is 0 Å². The van der Waals surface area contributed by atoms with Crippen LogP contribution in [0.2, 0.25) is 0 Å². The highest BCUT2D eigenvalue weighted by atomic mass is 79.9. The Morgan fingerprint density at radius 1 is 1.12 bits per heavy atom. The normalized spacial score (nSPS) is 10.2. The van der Waals surface area contributed by atoms with Gasteiger partial charge in [0.05, 0.1) is 17.0 Å². The van der Waals surface area contributed by atoms with Crippen molar-refractivity contribution in [2.75, 3.05) is 11.9 Å². The Hall–Kier alpha value is -1.99. The van der Waals surface area contributed by atoms with E-state index in [1.807, 2.05) is 19.1 Å². The highest BCUT2D eigenvalue weighted by Gasteiger charge is 2.13. The van der Waals surface area contributed by atoms with E-state index < -0.39 is 11.9 Å². The van der Waals surface area contributed by atoms with Crippen LogP contribution in [-0.4, -0.2) is 24.3 Å². The van der Waals surface area contributed by atoms with Gasteiger partial charge in [-0.25, -0.2) is 0 Å². The number of carbonyl (C=O) groups excluding carboxylic acids is 3. The molecule has 0 aliphatic carbocycles. The van der Waals surface area contributed by atoms with E-state index in [9.17, 15) is 14.4 Å². The number of amides is 1. The van der Waals surface area contributed by atoms with Crippen molar-refractivity contribution in [3.05, 3.63) is 50.6 Å². The summed E-state index contributed by atoms with van der Waals surface area (Å²) in [6.07, 6.45) is 0.0305. The lowest BCUT2D eigenvalue weighted by atomic mass is 10.2.